The van der Waals surface area contributed by atoms with Gasteiger partial charge in [0.2, 0.25) is 5.91 Å². The second kappa shape index (κ2) is 6.81. The van der Waals surface area contributed by atoms with Crippen molar-refractivity contribution in [3.8, 4) is 0 Å². The average Bonchev–Trinajstić information content (AvgIpc) is 2.92. The lowest BCUT2D eigenvalue weighted by Gasteiger charge is -2.32. The van der Waals surface area contributed by atoms with Crippen LogP contribution in [0.4, 0.5) is 0 Å². The number of amides is 1. The number of furan rings is 1. The monoisotopic (exact) mass is 298 g/mol. The molecule has 1 fully saturated rings. The van der Waals surface area contributed by atoms with E-state index in [0.29, 0.717) is 18.1 Å². The van der Waals surface area contributed by atoms with Crippen LogP contribution >= 0.6 is 11.8 Å². The Labute approximate surface area is 121 Å². The summed E-state index contributed by atoms with van der Waals surface area (Å²) in [5.74, 6) is 1.000. The van der Waals surface area contributed by atoms with Crippen molar-refractivity contribution in [3.63, 3.8) is 0 Å². The molecular weight excluding hydrogens is 280 g/mol. The van der Waals surface area contributed by atoms with Gasteiger partial charge in [0.25, 0.3) is 0 Å². The van der Waals surface area contributed by atoms with Gasteiger partial charge in [-0.15, -0.1) is 0 Å². The van der Waals surface area contributed by atoms with Crippen molar-refractivity contribution in [2.75, 3.05) is 24.6 Å². The molecule has 0 radical (unpaired) electrons. The molecular formula is C13H18N2O4S. The number of hydrogen-bond donors (Lipinski definition) is 2. The number of hydrogen-bond acceptors (Lipinski definition) is 5. The Hall–Kier alpha value is -1.47. The number of carbonyl (C=O) groups is 2. The zero-order chi connectivity index (χ0) is 14.5. The van der Waals surface area contributed by atoms with Crippen LogP contribution in [-0.2, 0) is 9.59 Å². The van der Waals surface area contributed by atoms with Gasteiger partial charge in [0.15, 0.2) is 0 Å². The van der Waals surface area contributed by atoms with Crippen molar-refractivity contribution in [3.05, 3.63) is 24.2 Å². The highest BCUT2D eigenvalue weighted by Gasteiger charge is 2.30. The van der Waals surface area contributed by atoms with Crippen LogP contribution < -0.4 is 5.32 Å². The second-order valence-electron chi connectivity index (χ2n) is 4.70. The lowest BCUT2D eigenvalue weighted by atomic mass is 10.2. The first-order valence-electron chi connectivity index (χ1n) is 6.45. The summed E-state index contributed by atoms with van der Waals surface area (Å²) < 4.78 is 5.22. The third kappa shape index (κ3) is 3.77. The zero-order valence-electron chi connectivity index (χ0n) is 11.2. The summed E-state index contributed by atoms with van der Waals surface area (Å²) in [6, 6.07) is 2.75. The van der Waals surface area contributed by atoms with Gasteiger partial charge in [0, 0.05) is 18.1 Å². The number of carbonyl (C=O) groups excluding carboxylic acids is 1. The van der Waals surface area contributed by atoms with Gasteiger partial charge in [-0.25, -0.2) is 0 Å². The van der Waals surface area contributed by atoms with E-state index in [1.165, 1.54) is 0 Å². The van der Waals surface area contributed by atoms with E-state index in [2.05, 4.69) is 5.32 Å². The minimum Gasteiger partial charge on any atom is -0.480 e. The van der Waals surface area contributed by atoms with Crippen LogP contribution in [0.1, 0.15) is 18.7 Å². The molecule has 6 nitrogen and oxygen atoms in total. The van der Waals surface area contributed by atoms with E-state index in [0.717, 1.165) is 5.75 Å². The van der Waals surface area contributed by atoms with Gasteiger partial charge in [-0.1, -0.05) is 0 Å². The predicted molar refractivity (Wildman–Crippen MR) is 75.6 cm³/mol. The Morgan fingerprint density at radius 3 is 3.10 bits per heavy atom. The highest BCUT2D eigenvalue weighted by Crippen LogP contribution is 2.17. The molecule has 110 valence electrons. The van der Waals surface area contributed by atoms with Crippen LogP contribution in [0.15, 0.2) is 22.8 Å². The molecule has 1 aromatic heterocycles. The smallest absolute Gasteiger partial charge is 0.321 e. The highest BCUT2D eigenvalue weighted by atomic mass is 32.2. The van der Waals surface area contributed by atoms with Gasteiger partial charge in [0.05, 0.1) is 18.8 Å². The third-order valence-electron chi connectivity index (χ3n) is 3.22. The molecule has 1 aliphatic rings. The van der Waals surface area contributed by atoms with Gasteiger partial charge in [-0.05, 0) is 19.1 Å². The van der Waals surface area contributed by atoms with Crippen LogP contribution in [0.25, 0.3) is 0 Å². The van der Waals surface area contributed by atoms with Crippen molar-refractivity contribution < 1.29 is 19.1 Å². The molecule has 20 heavy (non-hydrogen) atoms. The van der Waals surface area contributed by atoms with Crippen LogP contribution in [0, 0.1) is 0 Å². The Bertz CT molecular complexity index is 463. The Balaban J connectivity index is 1.88. The first-order valence-corrected chi connectivity index (χ1v) is 7.60. The SMILES string of the molecule is CC(NC(=O)CN1CCSCC1C(=O)O)c1ccco1. The van der Waals surface area contributed by atoms with Gasteiger partial charge in [-0.3, -0.25) is 14.5 Å². The lowest BCUT2D eigenvalue weighted by Crippen LogP contribution is -2.51. The van der Waals surface area contributed by atoms with E-state index in [-0.39, 0.29) is 18.5 Å². The summed E-state index contributed by atoms with van der Waals surface area (Å²) in [5, 5.41) is 12.0. The van der Waals surface area contributed by atoms with Gasteiger partial charge < -0.3 is 14.8 Å². The fourth-order valence-corrected chi connectivity index (χ4v) is 3.24. The molecule has 0 bridgehead atoms. The number of aliphatic carboxylic acids is 1. The third-order valence-corrected chi connectivity index (χ3v) is 4.24. The Kier molecular flexibility index (Phi) is 5.08. The van der Waals surface area contributed by atoms with Crippen LogP contribution in [0.2, 0.25) is 0 Å². The van der Waals surface area contributed by atoms with E-state index in [4.69, 9.17) is 9.52 Å². The number of carboxylic acids is 1. The van der Waals surface area contributed by atoms with Gasteiger partial charge in [0.1, 0.15) is 11.8 Å². The molecule has 1 amide bonds. The summed E-state index contributed by atoms with van der Waals surface area (Å²) in [5.41, 5.74) is 0. The Morgan fingerprint density at radius 2 is 2.45 bits per heavy atom. The molecule has 7 heteroatoms. The van der Waals surface area contributed by atoms with Crippen molar-refractivity contribution in [2.24, 2.45) is 0 Å². The first kappa shape index (κ1) is 14.9. The summed E-state index contributed by atoms with van der Waals surface area (Å²) in [4.78, 5) is 24.9. The number of nitrogens with one attached hydrogen (secondary N) is 1. The highest BCUT2D eigenvalue weighted by molar-refractivity contribution is 7.99. The molecule has 0 aromatic carbocycles. The maximum absolute atomic E-state index is 12.0. The molecule has 2 unspecified atom stereocenters. The number of thioether (sulfide) groups is 1. The summed E-state index contributed by atoms with van der Waals surface area (Å²) in [6.07, 6.45) is 1.56. The van der Waals surface area contributed by atoms with Crippen LogP contribution in [0.3, 0.4) is 0 Å². The quantitative estimate of drug-likeness (QED) is 0.842. The molecule has 1 saturated heterocycles. The predicted octanol–water partition coefficient (Wildman–Crippen LogP) is 0.959. The fourth-order valence-electron chi connectivity index (χ4n) is 2.14. The van der Waals surface area contributed by atoms with Crippen molar-refractivity contribution in [1.82, 2.24) is 10.2 Å². The maximum atomic E-state index is 12.0. The average molecular weight is 298 g/mol. The van der Waals surface area contributed by atoms with Crippen LogP contribution in [0.5, 0.6) is 0 Å². The van der Waals surface area contributed by atoms with Gasteiger partial charge >= 0.3 is 5.97 Å². The summed E-state index contributed by atoms with van der Waals surface area (Å²) in [7, 11) is 0. The Morgan fingerprint density at radius 1 is 1.65 bits per heavy atom. The normalized spacial score (nSPS) is 21.4. The van der Waals surface area contributed by atoms with E-state index in [9.17, 15) is 9.59 Å². The van der Waals surface area contributed by atoms with E-state index < -0.39 is 12.0 Å². The van der Waals surface area contributed by atoms with Crippen molar-refractivity contribution >= 4 is 23.6 Å². The maximum Gasteiger partial charge on any atom is 0.321 e. The zero-order valence-corrected chi connectivity index (χ0v) is 12.1. The molecule has 1 aromatic rings. The van der Waals surface area contributed by atoms with E-state index >= 15 is 0 Å². The molecule has 1 aliphatic heterocycles. The largest absolute Gasteiger partial charge is 0.480 e. The summed E-state index contributed by atoms with van der Waals surface area (Å²) in [6.45, 7) is 2.55. The fraction of sp³-hybridized carbons (Fsp3) is 0.538. The van der Waals surface area contributed by atoms with E-state index in [1.54, 1.807) is 35.1 Å². The minimum atomic E-state index is -0.871. The molecule has 0 saturated carbocycles. The number of carboxylic acid groups (broad SMARTS) is 1. The van der Waals surface area contributed by atoms with Crippen LogP contribution in [-0.4, -0.2) is 52.5 Å². The lowest BCUT2D eigenvalue weighted by molar-refractivity contribution is -0.143. The molecule has 2 heterocycles. The minimum absolute atomic E-state index is 0.0998. The molecule has 2 atom stereocenters. The molecule has 0 aliphatic carbocycles. The standard InChI is InChI=1S/C13H18N2O4S/c1-9(11-3-2-5-19-11)14-12(16)7-15-4-6-20-8-10(15)13(17)18/h2-3,5,9-10H,4,6-8H2,1H3,(H,14,16)(H,17,18). The molecule has 2 N–H and O–H groups in total. The molecule has 0 spiro atoms. The van der Waals surface area contributed by atoms with Crippen molar-refractivity contribution in [2.45, 2.75) is 19.0 Å². The number of nitrogens with zero attached hydrogens (tertiary/aromatic N) is 1. The number of rotatable bonds is 5. The van der Waals surface area contributed by atoms with Crippen molar-refractivity contribution in [1.29, 1.82) is 0 Å². The second-order valence-corrected chi connectivity index (χ2v) is 5.85. The van der Waals surface area contributed by atoms with E-state index in [1.807, 2.05) is 6.92 Å². The summed E-state index contributed by atoms with van der Waals surface area (Å²) >= 11 is 1.60. The van der Waals surface area contributed by atoms with Gasteiger partial charge in [-0.2, -0.15) is 11.8 Å². The first-order chi connectivity index (χ1) is 9.58. The molecule has 2 rings (SSSR count). The topological polar surface area (TPSA) is 82.8 Å².